The molecular formula is C13H15F2N5O. The van der Waals surface area contributed by atoms with Crippen molar-refractivity contribution in [3.63, 3.8) is 0 Å². The molecule has 0 saturated heterocycles. The Morgan fingerprint density at radius 2 is 2.05 bits per heavy atom. The first kappa shape index (κ1) is 15.0. The molecule has 1 amide bonds. The Labute approximate surface area is 119 Å². The van der Waals surface area contributed by atoms with Crippen LogP contribution in [0.1, 0.15) is 16.1 Å². The molecule has 6 nitrogen and oxygen atoms in total. The minimum atomic E-state index is -3.14. The van der Waals surface area contributed by atoms with Gasteiger partial charge in [0, 0.05) is 0 Å². The molecule has 3 N–H and O–H groups in total. The summed E-state index contributed by atoms with van der Waals surface area (Å²) in [5, 5.41) is 9.54. The topological polar surface area (TPSA) is 85.8 Å². The number of nitrogens with zero attached hydrogens (tertiary/aromatic N) is 3. The van der Waals surface area contributed by atoms with E-state index in [1.54, 1.807) is 0 Å². The van der Waals surface area contributed by atoms with E-state index < -0.39 is 24.9 Å². The van der Waals surface area contributed by atoms with Crippen LogP contribution in [0.5, 0.6) is 0 Å². The maximum atomic E-state index is 13.0. The predicted octanol–water partition coefficient (Wildman–Crippen LogP) is 0.900. The van der Waals surface area contributed by atoms with Crippen LogP contribution < -0.4 is 11.1 Å². The molecule has 112 valence electrons. The minimum Gasteiger partial charge on any atom is -0.344 e. The van der Waals surface area contributed by atoms with E-state index in [2.05, 4.69) is 15.6 Å². The van der Waals surface area contributed by atoms with E-state index in [1.165, 1.54) is 10.9 Å². The van der Waals surface area contributed by atoms with Crippen LogP contribution in [0, 0.1) is 6.92 Å². The number of aryl methyl sites for hydroxylation is 1. The first-order chi connectivity index (χ1) is 9.91. The third-order valence-corrected chi connectivity index (χ3v) is 2.83. The van der Waals surface area contributed by atoms with E-state index in [1.807, 2.05) is 31.2 Å². The maximum Gasteiger partial charge on any atom is 0.277 e. The molecule has 0 aliphatic heterocycles. The van der Waals surface area contributed by atoms with Crippen molar-refractivity contribution in [3.05, 3.63) is 41.7 Å². The number of rotatable bonds is 5. The number of aromatic nitrogens is 3. The molecule has 0 fully saturated rings. The summed E-state index contributed by atoms with van der Waals surface area (Å²) in [6.45, 7) is 0.282. The van der Waals surface area contributed by atoms with Gasteiger partial charge in [0.05, 0.1) is 25.0 Å². The molecule has 0 saturated carbocycles. The van der Waals surface area contributed by atoms with E-state index in [0.29, 0.717) is 0 Å². The van der Waals surface area contributed by atoms with Crippen molar-refractivity contribution in [1.29, 1.82) is 0 Å². The van der Waals surface area contributed by atoms with Crippen molar-refractivity contribution in [2.45, 2.75) is 12.8 Å². The van der Waals surface area contributed by atoms with Crippen LogP contribution in [-0.2, 0) is 0 Å². The van der Waals surface area contributed by atoms with Crippen LogP contribution in [0.4, 0.5) is 8.78 Å². The van der Waals surface area contributed by atoms with Crippen LogP contribution in [-0.4, -0.2) is 39.9 Å². The fraction of sp³-hybridized carbons (Fsp3) is 0.308. The lowest BCUT2D eigenvalue weighted by molar-refractivity contribution is 0.0118. The third-order valence-electron chi connectivity index (χ3n) is 2.83. The van der Waals surface area contributed by atoms with Gasteiger partial charge in [-0.2, -0.15) is 0 Å². The van der Waals surface area contributed by atoms with Gasteiger partial charge in [-0.3, -0.25) is 4.79 Å². The van der Waals surface area contributed by atoms with Gasteiger partial charge in [0.1, 0.15) is 0 Å². The number of halogens is 2. The molecule has 1 aromatic heterocycles. The summed E-state index contributed by atoms with van der Waals surface area (Å²) in [5.41, 5.74) is 6.66. The fourth-order valence-corrected chi connectivity index (χ4v) is 1.56. The number of carbonyl (C=O) groups excluding carboxylic acids is 1. The molecule has 2 aromatic rings. The predicted molar refractivity (Wildman–Crippen MR) is 72.4 cm³/mol. The first-order valence-electron chi connectivity index (χ1n) is 6.27. The number of carbonyl (C=O) groups is 1. The highest BCUT2D eigenvalue weighted by molar-refractivity contribution is 5.91. The molecule has 0 aliphatic rings. The van der Waals surface area contributed by atoms with Crippen LogP contribution >= 0.6 is 0 Å². The number of benzene rings is 1. The summed E-state index contributed by atoms with van der Waals surface area (Å²) in [4.78, 5) is 11.7. The Balaban J connectivity index is 2.06. The zero-order valence-electron chi connectivity index (χ0n) is 11.4. The highest BCUT2D eigenvalue weighted by atomic mass is 19.3. The molecule has 1 aromatic carbocycles. The van der Waals surface area contributed by atoms with Crippen LogP contribution in [0.2, 0.25) is 0 Å². The van der Waals surface area contributed by atoms with Crippen molar-refractivity contribution in [2.24, 2.45) is 5.73 Å². The summed E-state index contributed by atoms with van der Waals surface area (Å²) >= 11 is 0. The Morgan fingerprint density at radius 1 is 1.38 bits per heavy atom. The molecule has 8 heteroatoms. The Morgan fingerprint density at radius 3 is 2.67 bits per heavy atom. The van der Waals surface area contributed by atoms with Gasteiger partial charge >= 0.3 is 0 Å². The summed E-state index contributed by atoms with van der Waals surface area (Å²) in [5.74, 6) is -3.86. The van der Waals surface area contributed by atoms with E-state index in [4.69, 9.17) is 5.73 Å². The molecule has 2 rings (SSSR count). The summed E-state index contributed by atoms with van der Waals surface area (Å²) < 4.78 is 27.3. The molecule has 21 heavy (non-hydrogen) atoms. The van der Waals surface area contributed by atoms with Crippen molar-refractivity contribution < 1.29 is 13.6 Å². The molecular weight excluding hydrogens is 280 g/mol. The largest absolute Gasteiger partial charge is 0.344 e. The second-order valence-electron chi connectivity index (χ2n) is 4.63. The van der Waals surface area contributed by atoms with E-state index in [0.717, 1.165) is 11.3 Å². The molecule has 0 bridgehead atoms. The Bertz CT molecular complexity index is 624. The SMILES string of the molecule is Cc1ccc(-n2cc(C(=O)NCC(F)(F)CN)nn2)cc1. The number of amides is 1. The number of hydrogen-bond acceptors (Lipinski definition) is 4. The zero-order chi connectivity index (χ0) is 15.5. The second-order valence-corrected chi connectivity index (χ2v) is 4.63. The standard InChI is InChI=1S/C13H15F2N5O/c1-9-2-4-10(5-3-9)20-6-11(18-19-20)12(21)17-8-13(14,15)7-16/h2-6H,7-8,16H2,1H3,(H,17,21). The first-order valence-corrected chi connectivity index (χ1v) is 6.27. The quantitative estimate of drug-likeness (QED) is 0.858. The van der Waals surface area contributed by atoms with Crippen LogP contribution in [0.25, 0.3) is 5.69 Å². The normalized spacial score (nSPS) is 11.4. The lowest BCUT2D eigenvalue weighted by atomic mass is 10.2. The Kier molecular flexibility index (Phi) is 4.27. The highest BCUT2D eigenvalue weighted by Gasteiger charge is 2.27. The molecule has 0 aliphatic carbocycles. The van der Waals surface area contributed by atoms with Crippen LogP contribution in [0.3, 0.4) is 0 Å². The van der Waals surface area contributed by atoms with Crippen molar-refractivity contribution >= 4 is 5.91 Å². The van der Waals surface area contributed by atoms with E-state index >= 15 is 0 Å². The molecule has 0 radical (unpaired) electrons. The van der Waals surface area contributed by atoms with Gasteiger partial charge in [0.2, 0.25) is 0 Å². The van der Waals surface area contributed by atoms with Gasteiger partial charge in [-0.15, -0.1) is 5.10 Å². The Hall–Kier alpha value is -2.35. The summed E-state index contributed by atoms with van der Waals surface area (Å²) in [6, 6.07) is 7.40. The van der Waals surface area contributed by atoms with Gasteiger partial charge in [-0.25, -0.2) is 13.5 Å². The zero-order valence-corrected chi connectivity index (χ0v) is 11.4. The van der Waals surface area contributed by atoms with Crippen molar-refractivity contribution in [2.75, 3.05) is 13.1 Å². The monoisotopic (exact) mass is 295 g/mol. The fourth-order valence-electron chi connectivity index (χ4n) is 1.56. The molecule has 0 unspecified atom stereocenters. The molecule has 1 heterocycles. The summed E-state index contributed by atoms with van der Waals surface area (Å²) in [6.07, 6.45) is 1.38. The van der Waals surface area contributed by atoms with E-state index in [9.17, 15) is 13.6 Å². The van der Waals surface area contributed by atoms with Crippen molar-refractivity contribution in [1.82, 2.24) is 20.3 Å². The maximum absolute atomic E-state index is 13.0. The van der Waals surface area contributed by atoms with Gasteiger partial charge in [-0.1, -0.05) is 22.9 Å². The average Bonchev–Trinajstić information content (AvgIpc) is 2.95. The number of alkyl halides is 2. The smallest absolute Gasteiger partial charge is 0.277 e. The van der Waals surface area contributed by atoms with Crippen LogP contribution in [0.15, 0.2) is 30.5 Å². The van der Waals surface area contributed by atoms with Gasteiger partial charge < -0.3 is 11.1 Å². The number of hydrogen-bond donors (Lipinski definition) is 2. The lowest BCUT2D eigenvalue weighted by Crippen LogP contribution is -2.41. The summed E-state index contributed by atoms with van der Waals surface area (Å²) in [7, 11) is 0. The molecule has 0 atom stereocenters. The average molecular weight is 295 g/mol. The third kappa shape index (κ3) is 3.82. The highest BCUT2D eigenvalue weighted by Crippen LogP contribution is 2.10. The van der Waals surface area contributed by atoms with Gasteiger partial charge in [0.15, 0.2) is 5.69 Å². The second kappa shape index (κ2) is 5.96. The number of nitrogens with one attached hydrogen (secondary N) is 1. The minimum absolute atomic E-state index is 0.0385. The van der Waals surface area contributed by atoms with Gasteiger partial charge in [-0.05, 0) is 19.1 Å². The van der Waals surface area contributed by atoms with Gasteiger partial charge in [0.25, 0.3) is 11.8 Å². The number of nitrogens with two attached hydrogens (primary N) is 1. The van der Waals surface area contributed by atoms with Crippen molar-refractivity contribution in [3.8, 4) is 5.69 Å². The van der Waals surface area contributed by atoms with E-state index in [-0.39, 0.29) is 5.69 Å². The lowest BCUT2D eigenvalue weighted by Gasteiger charge is -2.13. The molecule has 0 spiro atoms.